The molecule has 1 aromatic rings. The SMILES string of the molecule is COc1cccc(CCC(=O)NC2CCN(C(=O)OC(C)(C)C)CC2)c1. The average molecular weight is 362 g/mol. The highest BCUT2D eigenvalue weighted by Crippen LogP contribution is 2.16. The fourth-order valence-corrected chi connectivity index (χ4v) is 2.92. The summed E-state index contributed by atoms with van der Waals surface area (Å²) < 4.78 is 10.6. The number of methoxy groups -OCH3 is 1. The first-order chi connectivity index (χ1) is 12.3. The van der Waals surface area contributed by atoms with E-state index in [9.17, 15) is 9.59 Å². The lowest BCUT2D eigenvalue weighted by Crippen LogP contribution is -2.47. The maximum absolute atomic E-state index is 12.2. The number of aryl methyl sites for hydroxylation is 1. The van der Waals surface area contributed by atoms with Gasteiger partial charge in [-0.05, 0) is 57.7 Å². The van der Waals surface area contributed by atoms with Crippen molar-refractivity contribution in [3.05, 3.63) is 29.8 Å². The lowest BCUT2D eigenvalue weighted by atomic mass is 10.0. The summed E-state index contributed by atoms with van der Waals surface area (Å²) in [6.07, 6.45) is 2.35. The highest BCUT2D eigenvalue weighted by molar-refractivity contribution is 5.76. The molecular formula is C20H30N2O4. The summed E-state index contributed by atoms with van der Waals surface area (Å²) in [5.41, 5.74) is 0.599. The second-order valence-electron chi connectivity index (χ2n) is 7.66. The van der Waals surface area contributed by atoms with Crippen LogP contribution in [0.2, 0.25) is 0 Å². The van der Waals surface area contributed by atoms with Crippen LogP contribution in [0.3, 0.4) is 0 Å². The molecule has 1 heterocycles. The summed E-state index contributed by atoms with van der Waals surface area (Å²) >= 11 is 0. The van der Waals surface area contributed by atoms with Crippen LogP contribution in [0.15, 0.2) is 24.3 Å². The number of nitrogens with one attached hydrogen (secondary N) is 1. The summed E-state index contributed by atoms with van der Waals surface area (Å²) in [6, 6.07) is 7.88. The largest absolute Gasteiger partial charge is 0.497 e. The molecule has 2 amide bonds. The lowest BCUT2D eigenvalue weighted by Gasteiger charge is -2.33. The molecule has 2 rings (SSSR count). The normalized spacial score (nSPS) is 15.5. The van der Waals surface area contributed by atoms with E-state index in [4.69, 9.17) is 9.47 Å². The zero-order chi connectivity index (χ0) is 19.2. The minimum absolute atomic E-state index is 0.0449. The third kappa shape index (κ3) is 6.58. The number of ether oxygens (including phenoxy) is 2. The molecule has 1 saturated heterocycles. The van der Waals surface area contributed by atoms with Crippen LogP contribution in [0.5, 0.6) is 5.75 Å². The van der Waals surface area contributed by atoms with E-state index in [1.165, 1.54) is 0 Å². The van der Waals surface area contributed by atoms with E-state index in [1.54, 1.807) is 12.0 Å². The number of amides is 2. The Bertz CT molecular complexity index is 616. The predicted octanol–water partition coefficient (Wildman–Crippen LogP) is 3.14. The smallest absolute Gasteiger partial charge is 0.410 e. The Hall–Kier alpha value is -2.24. The van der Waals surface area contributed by atoms with Gasteiger partial charge in [0.15, 0.2) is 0 Å². The molecule has 6 nitrogen and oxygen atoms in total. The van der Waals surface area contributed by atoms with Gasteiger partial charge in [0.1, 0.15) is 11.4 Å². The van der Waals surface area contributed by atoms with Crippen molar-refractivity contribution in [2.75, 3.05) is 20.2 Å². The van der Waals surface area contributed by atoms with Crippen molar-refractivity contribution in [1.82, 2.24) is 10.2 Å². The Morgan fingerprint density at radius 1 is 1.23 bits per heavy atom. The van der Waals surface area contributed by atoms with Crippen LogP contribution in [-0.4, -0.2) is 48.7 Å². The van der Waals surface area contributed by atoms with Crippen LogP contribution in [0, 0.1) is 0 Å². The van der Waals surface area contributed by atoms with Crippen LogP contribution in [-0.2, 0) is 16.0 Å². The van der Waals surface area contributed by atoms with E-state index in [0.717, 1.165) is 24.2 Å². The molecule has 0 spiro atoms. The Morgan fingerprint density at radius 2 is 1.92 bits per heavy atom. The van der Waals surface area contributed by atoms with Crippen LogP contribution in [0.25, 0.3) is 0 Å². The molecule has 6 heteroatoms. The molecule has 1 N–H and O–H groups in total. The number of carbonyl (C=O) groups excluding carboxylic acids is 2. The summed E-state index contributed by atoms with van der Waals surface area (Å²) in [7, 11) is 1.63. The highest BCUT2D eigenvalue weighted by Gasteiger charge is 2.27. The Labute approximate surface area is 155 Å². The monoisotopic (exact) mass is 362 g/mol. The van der Waals surface area contributed by atoms with Gasteiger partial charge in [-0.25, -0.2) is 4.79 Å². The fourth-order valence-electron chi connectivity index (χ4n) is 2.92. The van der Waals surface area contributed by atoms with Crippen molar-refractivity contribution >= 4 is 12.0 Å². The van der Waals surface area contributed by atoms with E-state index >= 15 is 0 Å². The molecule has 144 valence electrons. The molecule has 1 fully saturated rings. The first kappa shape index (κ1) is 20.1. The fraction of sp³-hybridized carbons (Fsp3) is 0.600. The molecule has 0 atom stereocenters. The standard InChI is InChI=1S/C20H30N2O4/c1-20(2,3)26-19(24)22-12-10-16(11-13-22)21-18(23)9-8-15-6-5-7-17(14-15)25-4/h5-7,14,16H,8-13H2,1-4H3,(H,21,23). The van der Waals surface area contributed by atoms with Crippen molar-refractivity contribution in [1.29, 1.82) is 0 Å². The van der Waals surface area contributed by atoms with Crippen LogP contribution < -0.4 is 10.1 Å². The maximum atomic E-state index is 12.2. The zero-order valence-corrected chi connectivity index (χ0v) is 16.2. The molecule has 0 radical (unpaired) electrons. The van der Waals surface area contributed by atoms with E-state index in [1.807, 2.05) is 45.0 Å². The second-order valence-corrected chi connectivity index (χ2v) is 7.66. The minimum Gasteiger partial charge on any atom is -0.497 e. The molecule has 0 saturated carbocycles. The van der Waals surface area contributed by atoms with Gasteiger partial charge in [-0.2, -0.15) is 0 Å². The number of piperidine rings is 1. The molecule has 0 unspecified atom stereocenters. The number of benzene rings is 1. The highest BCUT2D eigenvalue weighted by atomic mass is 16.6. The van der Waals surface area contributed by atoms with Gasteiger partial charge in [0.25, 0.3) is 0 Å². The van der Waals surface area contributed by atoms with Crippen molar-refractivity contribution in [2.24, 2.45) is 0 Å². The van der Waals surface area contributed by atoms with E-state index in [0.29, 0.717) is 25.9 Å². The topological polar surface area (TPSA) is 67.9 Å². The molecule has 1 aliphatic rings. The van der Waals surface area contributed by atoms with Gasteiger partial charge in [0.05, 0.1) is 7.11 Å². The van der Waals surface area contributed by atoms with Gasteiger partial charge in [0, 0.05) is 25.6 Å². The minimum atomic E-state index is -0.484. The quantitative estimate of drug-likeness (QED) is 0.874. The molecule has 0 aromatic heterocycles. The van der Waals surface area contributed by atoms with E-state index in [2.05, 4.69) is 5.32 Å². The molecule has 26 heavy (non-hydrogen) atoms. The Morgan fingerprint density at radius 3 is 2.54 bits per heavy atom. The zero-order valence-electron chi connectivity index (χ0n) is 16.2. The number of hydrogen-bond acceptors (Lipinski definition) is 4. The van der Waals surface area contributed by atoms with Crippen LogP contribution in [0.4, 0.5) is 4.79 Å². The third-order valence-corrected chi connectivity index (χ3v) is 4.29. The second kappa shape index (κ2) is 8.92. The van der Waals surface area contributed by atoms with E-state index in [-0.39, 0.29) is 18.0 Å². The molecule has 1 aliphatic heterocycles. The van der Waals surface area contributed by atoms with Gasteiger partial charge in [-0.1, -0.05) is 12.1 Å². The van der Waals surface area contributed by atoms with Crippen molar-refractivity contribution in [3.63, 3.8) is 0 Å². The van der Waals surface area contributed by atoms with Gasteiger partial charge < -0.3 is 19.7 Å². The number of likely N-dealkylation sites (tertiary alicyclic amines) is 1. The third-order valence-electron chi connectivity index (χ3n) is 4.29. The molecule has 0 aliphatic carbocycles. The number of carbonyl (C=O) groups is 2. The van der Waals surface area contributed by atoms with Crippen LogP contribution in [0.1, 0.15) is 45.6 Å². The first-order valence-electron chi connectivity index (χ1n) is 9.17. The summed E-state index contributed by atoms with van der Waals surface area (Å²) in [4.78, 5) is 26.0. The predicted molar refractivity (Wildman–Crippen MR) is 100 cm³/mol. The van der Waals surface area contributed by atoms with Crippen molar-refractivity contribution in [3.8, 4) is 5.75 Å². The van der Waals surface area contributed by atoms with Gasteiger partial charge in [-0.3, -0.25) is 4.79 Å². The summed E-state index contributed by atoms with van der Waals surface area (Å²) in [5, 5.41) is 3.08. The summed E-state index contributed by atoms with van der Waals surface area (Å²) in [6.45, 7) is 6.80. The lowest BCUT2D eigenvalue weighted by molar-refractivity contribution is -0.122. The summed E-state index contributed by atoms with van der Waals surface area (Å²) in [5.74, 6) is 0.848. The Kier molecular flexibility index (Phi) is 6.89. The molecule has 0 bridgehead atoms. The molecule has 1 aromatic carbocycles. The van der Waals surface area contributed by atoms with Crippen molar-refractivity contribution < 1.29 is 19.1 Å². The average Bonchev–Trinajstić information content (AvgIpc) is 2.59. The Balaban J connectivity index is 1.71. The number of rotatable bonds is 5. The first-order valence-corrected chi connectivity index (χ1v) is 9.17. The number of nitrogens with zero attached hydrogens (tertiary/aromatic N) is 1. The van der Waals surface area contributed by atoms with Crippen LogP contribution >= 0.6 is 0 Å². The van der Waals surface area contributed by atoms with Crippen molar-refractivity contribution in [2.45, 2.75) is 58.1 Å². The van der Waals surface area contributed by atoms with Gasteiger partial charge >= 0.3 is 6.09 Å². The number of hydrogen-bond donors (Lipinski definition) is 1. The molecular weight excluding hydrogens is 332 g/mol. The van der Waals surface area contributed by atoms with E-state index < -0.39 is 5.60 Å². The van der Waals surface area contributed by atoms with Gasteiger partial charge in [-0.15, -0.1) is 0 Å². The maximum Gasteiger partial charge on any atom is 0.410 e. The van der Waals surface area contributed by atoms with Gasteiger partial charge in [0.2, 0.25) is 5.91 Å².